The van der Waals surface area contributed by atoms with Crippen molar-refractivity contribution >= 4 is 37.3 Å². The van der Waals surface area contributed by atoms with Gasteiger partial charge in [-0.15, -0.1) is 0 Å². The molecule has 9 nitrogen and oxygen atoms in total. The summed E-state index contributed by atoms with van der Waals surface area (Å²) in [6, 6.07) is 0.898. The minimum atomic E-state index is -5.07. The Morgan fingerprint density at radius 2 is 1.50 bits per heavy atom. The highest BCUT2D eigenvalue weighted by Gasteiger charge is 2.36. The number of alkyl halides is 3. The van der Waals surface area contributed by atoms with Crippen molar-refractivity contribution in [2.45, 2.75) is 6.18 Å². The van der Waals surface area contributed by atoms with E-state index in [-0.39, 0.29) is 18.9 Å². The number of aromatic nitrogens is 2. The van der Waals surface area contributed by atoms with Gasteiger partial charge in [0.25, 0.3) is 5.56 Å². The van der Waals surface area contributed by atoms with Crippen LogP contribution in [0.5, 0.6) is 0 Å². The van der Waals surface area contributed by atoms with E-state index >= 15 is 0 Å². The highest BCUT2D eigenvalue weighted by molar-refractivity contribution is 8.09. The minimum Gasteiger partial charge on any atom is -0.292 e. The van der Waals surface area contributed by atoms with Crippen LogP contribution in [0.3, 0.4) is 0 Å². The molecule has 0 unspecified atom stereocenters. The molecule has 0 atom stereocenters. The first-order chi connectivity index (χ1) is 13.4. The zero-order valence-electron chi connectivity index (χ0n) is 15.2. The Bertz CT molecular complexity index is 1330. The number of benzene rings is 1. The van der Waals surface area contributed by atoms with Gasteiger partial charge in [0.15, 0.2) is 0 Å². The fourth-order valence-corrected chi connectivity index (χ4v) is 5.88. The molecule has 16 heteroatoms. The third-order valence-corrected chi connectivity index (χ3v) is 7.19. The topological polar surface area (TPSA) is 116 Å². The summed E-state index contributed by atoms with van der Waals surface area (Å²) in [6.45, 7) is 0. The van der Waals surface area contributed by atoms with Gasteiger partial charge in [-0.2, -0.15) is 16.9 Å². The average molecular weight is 494 g/mol. The number of nitrogens with zero attached hydrogens (tertiary/aromatic N) is 3. The van der Waals surface area contributed by atoms with Crippen molar-refractivity contribution in [2.24, 2.45) is 7.05 Å². The van der Waals surface area contributed by atoms with E-state index in [0.29, 0.717) is 31.7 Å². The summed E-state index contributed by atoms with van der Waals surface area (Å²) in [6.07, 6.45) is -4.08. The first-order valence-corrected chi connectivity index (χ1v) is 11.5. The van der Waals surface area contributed by atoms with Crippen LogP contribution in [-0.2, 0) is 33.3 Å². The maximum absolute atomic E-state index is 14.5. The third kappa shape index (κ3) is 4.37. The Balaban J connectivity index is 2.97. The summed E-state index contributed by atoms with van der Waals surface area (Å²) in [5.74, 6) is -1.40. The summed E-state index contributed by atoms with van der Waals surface area (Å²) >= 11 is 5.76. The molecule has 0 N–H and O–H groups in total. The Kier molecular flexibility index (Phi) is 5.88. The van der Waals surface area contributed by atoms with Crippen molar-refractivity contribution in [2.75, 3.05) is 16.2 Å². The zero-order chi connectivity index (χ0) is 23.4. The van der Waals surface area contributed by atoms with Gasteiger partial charge in [0.1, 0.15) is 11.5 Å². The van der Waals surface area contributed by atoms with Crippen molar-refractivity contribution in [1.29, 1.82) is 0 Å². The van der Waals surface area contributed by atoms with Crippen LogP contribution in [0.15, 0.2) is 27.8 Å². The SMILES string of the molecule is Cn1c(C(F)(F)F)cc(=O)n(-c2cc(N(S(C)(=O)=O)S(C)(=O)=O)c(Cl)cc2F)c1=O. The molecule has 0 fully saturated rings. The van der Waals surface area contributed by atoms with E-state index in [1.54, 1.807) is 0 Å². The van der Waals surface area contributed by atoms with Gasteiger partial charge in [0.2, 0.25) is 20.0 Å². The van der Waals surface area contributed by atoms with E-state index in [4.69, 9.17) is 11.6 Å². The molecule has 0 saturated heterocycles. The fourth-order valence-electron chi connectivity index (χ4n) is 2.56. The maximum atomic E-state index is 14.5. The Labute approximate surface area is 171 Å². The molecule has 0 saturated carbocycles. The van der Waals surface area contributed by atoms with Crippen molar-refractivity contribution in [3.05, 3.63) is 55.6 Å². The predicted octanol–water partition coefficient (Wildman–Crippen LogP) is 1.07. The molecule has 0 aliphatic heterocycles. The lowest BCUT2D eigenvalue weighted by atomic mass is 10.2. The molecular formula is C14H12ClF4N3O6S2. The summed E-state index contributed by atoms with van der Waals surface area (Å²) in [5.41, 5.74) is -6.68. The normalized spacial score (nSPS) is 12.8. The van der Waals surface area contributed by atoms with Gasteiger partial charge in [-0.1, -0.05) is 11.6 Å². The maximum Gasteiger partial charge on any atom is 0.431 e. The van der Waals surface area contributed by atoms with Crippen LogP contribution in [0.1, 0.15) is 5.69 Å². The molecule has 2 aromatic rings. The standard InChI is InChI=1S/C14H12ClF4N3O6S2/c1-20-11(14(17,18)19)6-12(23)21(13(20)24)10-5-9(7(15)4-8(10)16)22(29(2,25)26)30(3,27)28/h4-6H,1-3H3. The third-order valence-electron chi connectivity index (χ3n) is 3.67. The minimum absolute atomic E-state index is 0.0207. The van der Waals surface area contributed by atoms with E-state index in [1.165, 1.54) is 0 Å². The van der Waals surface area contributed by atoms with E-state index in [2.05, 4.69) is 0 Å². The van der Waals surface area contributed by atoms with E-state index in [1.807, 2.05) is 0 Å². The number of sulfonamides is 2. The number of rotatable bonds is 4. The molecule has 0 spiro atoms. The molecule has 0 aliphatic rings. The Hall–Kier alpha value is -2.39. The zero-order valence-corrected chi connectivity index (χ0v) is 17.6. The lowest BCUT2D eigenvalue weighted by Gasteiger charge is -2.22. The molecular weight excluding hydrogens is 482 g/mol. The molecule has 0 amide bonds. The van der Waals surface area contributed by atoms with Gasteiger partial charge in [-0.05, 0) is 12.1 Å². The highest BCUT2D eigenvalue weighted by atomic mass is 35.5. The van der Waals surface area contributed by atoms with Crippen molar-refractivity contribution in [3.8, 4) is 5.69 Å². The van der Waals surface area contributed by atoms with Crippen LogP contribution < -0.4 is 15.0 Å². The molecule has 1 aromatic heterocycles. The van der Waals surface area contributed by atoms with Gasteiger partial charge in [0, 0.05) is 13.1 Å². The molecule has 0 radical (unpaired) electrons. The molecule has 30 heavy (non-hydrogen) atoms. The smallest absolute Gasteiger partial charge is 0.292 e. The van der Waals surface area contributed by atoms with Crippen LogP contribution in [0.2, 0.25) is 5.02 Å². The average Bonchev–Trinajstić information content (AvgIpc) is 2.51. The number of halogens is 5. The highest BCUT2D eigenvalue weighted by Crippen LogP contribution is 2.33. The van der Waals surface area contributed by atoms with Gasteiger partial charge in [-0.3, -0.25) is 9.36 Å². The molecule has 0 bridgehead atoms. The van der Waals surface area contributed by atoms with Gasteiger partial charge in [-0.25, -0.2) is 30.6 Å². The van der Waals surface area contributed by atoms with Crippen LogP contribution in [0.25, 0.3) is 5.69 Å². The first kappa shape index (κ1) is 23.9. The lowest BCUT2D eigenvalue weighted by molar-refractivity contribution is -0.144. The summed E-state index contributed by atoms with van der Waals surface area (Å²) in [7, 11) is -8.42. The van der Waals surface area contributed by atoms with E-state index in [9.17, 15) is 44.0 Å². The number of hydrogen-bond acceptors (Lipinski definition) is 6. The van der Waals surface area contributed by atoms with Crippen LogP contribution >= 0.6 is 11.6 Å². The number of hydrogen-bond donors (Lipinski definition) is 0. The van der Waals surface area contributed by atoms with Crippen molar-refractivity contribution in [1.82, 2.24) is 9.13 Å². The van der Waals surface area contributed by atoms with Gasteiger partial charge >= 0.3 is 11.9 Å². The summed E-state index contributed by atoms with van der Waals surface area (Å²) < 4.78 is 101. The molecule has 2 rings (SSSR count). The summed E-state index contributed by atoms with van der Waals surface area (Å²) in [5, 5.41) is -0.719. The predicted molar refractivity (Wildman–Crippen MR) is 99.4 cm³/mol. The van der Waals surface area contributed by atoms with Crippen molar-refractivity contribution in [3.63, 3.8) is 0 Å². The largest absolute Gasteiger partial charge is 0.431 e. The van der Waals surface area contributed by atoms with Crippen LogP contribution in [0, 0.1) is 5.82 Å². The van der Waals surface area contributed by atoms with Gasteiger partial charge < -0.3 is 0 Å². The van der Waals surface area contributed by atoms with Crippen LogP contribution in [-0.4, -0.2) is 38.5 Å². The fraction of sp³-hybridized carbons (Fsp3) is 0.286. The second-order valence-corrected chi connectivity index (χ2v) is 10.3. The Morgan fingerprint density at radius 1 is 1.00 bits per heavy atom. The van der Waals surface area contributed by atoms with Crippen LogP contribution in [0.4, 0.5) is 23.2 Å². The van der Waals surface area contributed by atoms with Gasteiger partial charge in [0.05, 0.1) is 28.9 Å². The molecule has 1 heterocycles. The molecule has 1 aromatic carbocycles. The van der Waals surface area contributed by atoms with E-state index in [0.717, 1.165) is 0 Å². The monoisotopic (exact) mass is 493 g/mol. The van der Waals surface area contributed by atoms with E-state index < -0.39 is 65.4 Å². The Morgan fingerprint density at radius 3 is 1.93 bits per heavy atom. The number of anilines is 1. The first-order valence-electron chi connectivity index (χ1n) is 7.47. The second-order valence-electron chi connectivity index (χ2n) is 6.02. The van der Waals surface area contributed by atoms with Crippen molar-refractivity contribution < 1.29 is 34.4 Å². The molecule has 166 valence electrons. The second kappa shape index (κ2) is 7.39. The lowest BCUT2D eigenvalue weighted by Crippen LogP contribution is -2.41. The summed E-state index contributed by atoms with van der Waals surface area (Å²) in [4.78, 5) is 24.5. The quantitative estimate of drug-likeness (QED) is 0.588. The molecule has 0 aliphatic carbocycles.